The third kappa shape index (κ3) is 5.79. The molecule has 0 spiro atoms. The van der Waals surface area contributed by atoms with E-state index in [1.165, 1.54) is 10.5 Å². The lowest BCUT2D eigenvalue weighted by Gasteiger charge is -2.32. The lowest BCUT2D eigenvalue weighted by Crippen LogP contribution is -3.13. The van der Waals surface area contributed by atoms with Crippen molar-refractivity contribution in [3.8, 4) is 23.0 Å². The van der Waals surface area contributed by atoms with Crippen molar-refractivity contribution < 1.29 is 28.6 Å². The molecule has 1 aliphatic heterocycles. The zero-order valence-electron chi connectivity index (χ0n) is 18.0. The Bertz CT molecular complexity index is 817. The normalized spacial score (nSPS) is 14.3. The van der Waals surface area contributed by atoms with Crippen LogP contribution < -0.4 is 23.8 Å². The van der Waals surface area contributed by atoms with Crippen molar-refractivity contribution in [1.29, 1.82) is 0 Å². The minimum atomic E-state index is 0.0212. The van der Waals surface area contributed by atoms with Crippen LogP contribution in [-0.2, 0) is 11.3 Å². The molecule has 0 bridgehead atoms. The van der Waals surface area contributed by atoms with Crippen molar-refractivity contribution in [2.45, 2.75) is 13.5 Å². The molecule has 0 atom stereocenters. The maximum atomic E-state index is 12.5. The summed E-state index contributed by atoms with van der Waals surface area (Å²) in [6.45, 7) is 6.79. The van der Waals surface area contributed by atoms with Gasteiger partial charge in [0.15, 0.2) is 18.1 Å². The summed E-state index contributed by atoms with van der Waals surface area (Å²) in [5, 5.41) is 0. The van der Waals surface area contributed by atoms with E-state index in [0.717, 1.165) is 50.0 Å². The highest BCUT2D eigenvalue weighted by Gasteiger charge is 2.24. The Balaban J connectivity index is 1.46. The van der Waals surface area contributed by atoms with Gasteiger partial charge in [0.25, 0.3) is 5.91 Å². The molecule has 0 aliphatic carbocycles. The van der Waals surface area contributed by atoms with Gasteiger partial charge in [-0.3, -0.25) is 4.79 Å². The monoisotopic (exact) mass is 415 g/mol. The molecule has 0 saturated carbocycles. The fourth-order valence-corrected chi connectivity index (χ4v) is 3.55. The van der Waals surface area contributed by atoms with E-state index in [-0.39, 0.29) is 12.5 Å². The van der Waals surface area contributed by atoms with E-state index in [2.05, 4.69) is 12.1 Å². The van der Waals surface area contributed by atoms with E-state index in [1.807, 2.05) is 30.0 Å². The molecule has 0 aromatic heterocycles. The number of piperazine rings is 1. The number of hydrogen-bond acceptors (Lipinski definition) is 5. The summed E-state index contributed by atoms with van der Waals surface area (Å²) in [4.78, 5) is 15.8. The van der Waals surface area contributed by atoms with Crippen molar-refractivity contribution in [1.82, 2.24) is 4.90 Å². The maximum Gasteiger partial charge on any atom is 0.260 e. The van der Waals surface area contributed by atoms with Crippen molar-refractivity contribution in [3.63, 3.8) is 0 Å². The molecular formula is C23H31N2O5+. The predicted molar refractivity (Wildman–Crippen MR) is 114 cm³/mol. The molecule has 1 fully saturated rings. The number of quaternary nitrogens is 1. The highest BCUT2D eigenvalue weighted by atomic mass is 16.5. The van der Waals surface area contributed by atoms with Crippen LogP contribution in [0.1, 0.15) is 12.5 Å². The van der Waals surface area contributed by atoms with Gasteiger partial charge in [-0.05, 0) is 49.4 Å². The zero-order chi connectivity index (χ0) is 21.3. The van der Waals surface area contributed by atoms with Gasteiger partial charge in [0, 0.05) is 5.56 Å². The highest BCUT2D eigenvalue weighted by molar-refractivity contribution is 5.77. The second-order valence-electron chi connectivity index (χ2n) is 7.19. The number of nitrogens with zero attached hydrogens (tertiary/aromatic N) is 1. The quantitative estimate of drug-likeness (QED) is 0.671. The minimum absolute atomic E-state index is 0.0212. The number of amides is 1. The molecule has 1 heterocycles. The van der Waals surface area contributed by atoms with Gasteiger partial charge in [-0.2, -0.15) is 0 Å². The summed E-state index contributed by atoms with van der Waals surface area (Å²) in [5.41, 5.74) is 1.21. The topological polar surface area (TPSA) is 61.7 Å². The van der Waals surface area contributed by atoms with Crippen molar-refractivity contribution >= 4 is 5.91 Å². The lowest BCUT2D eigenvalue weighted by atomic mass is 10.1. The summed E-state index contributed by atoms with van der Waals surface area (Å²) in [6.07, 6.45) is 0. The largest absolute Gasteiger partial charge is 0.497 e. The van der Waals surface area contributed by atoms with E-state index >= 15 is 0 Å². The summed E-state index contributed by atoms with van der Waals surface area (Å²) < 4.78 is 21.8. The third-order valence-electron chi connectivity index (χ3n) is 5.23. The number of carbonyl (C=O) groups excluding carboxylic acids is 1. The molecule has 1 aliphatic rings. The fraction of sp³-hybridized carbons (Fsp3) is 0.435. The SMILES string of the molecule is CCOc1cc(C[NH+]2CCN(C(=O)COc3ccc(OC)cc3)CC2)ccc1OC. The Morgan fingerprint density at radius 2 is 1.63 bits per heavy atom. The van der Waals surface area contributed by atoms with Crippen molar-refractivity contribution in [3.05, 3.63) is 48.0 Å². The second kappa shape index (κ2) is 10.7. The lowest BCUT2D eigenvalue weighted by molar-refractivity contribution is -0.917. The van der Waals surface area contributed by atoms with Gasteiger partial charge < -0.3 is 28.7 Å². The first-order chi connectivity index (χ1) is 14.6. The number of benzene rings is 2. The van der Waals surface area contributed by atoms with Crippen LogP contribution in [0, 0.1) is 0 Å². The van der Waals surface area contributed by atoms with Gasteiger partial charge >= 0.3 is 0 Å². The average molecular weight is 416 g/mol. The number of nitrogens with one attached hydrogen (secondary N) is 1. The maximum absolute atomic E-state index is 12.5. The molecule has 1 saturated heterocycles. The van der Waals surface area contributed by atoms with Crippen LogP contribution >= 0.6 is 0 Å². The Labute approximate surface area is 178 Å². The van der Waals surface area contributed by atoms with E-state index in [0.29, 0.717) is 12.4 Å². The molecule has 0 radical (unpaired) electrons. The summed E-state index contributed by atoms with van der Waals surface area (Å²) in [5.74, 6) is 2.98. The van der Waals surface area contributed by atoms with Crippen LogP contribution in [0.25, 0.3) is 0 Å². The molecule has 2 aromatic carbocycles. The standard InChI is InChI=1S/C23H30N2O5/c1-4-29-22-15-18(5-10-21(22)28-3)16-24-11-13-25(14-12-24)23(26)17-30-20-8-6-19(27-2)7-9-20/h5-10,15H,4,11-14,16-17H2,1-3H3/p+1. The van der Waals surface area contributed by atoms with Gasteiger partial charge in [-0.1, -0.05) is 0 Å². The van der Waals surface area contributed by atoms with Crippen LogP contribution in [0.15, 0.2) is 42.5 Å². The van der Waals surface area contributed by atoms with E-state index in [9.17, 15) is 4.79 Å². The van der Waals surface area contributed by atoms with E-state index < -0.39 is 0 Å². The first kappa shape index (κ1) is 21.8. The Morgan fingerprint density at radius 3 is 2.27 bits per heavy atom. The zero-order valence-corrected chi connectivity index (χ0v) is 18.0. The summed E-state index contributed by atoms with van der Waals surface area (Å²) >= 11 is 0. The van der Waals surface area contributed by atoms with Gasteiger partial charge in [0.05, 0.1) is 47.0 Å². The molecule has 7 heteroatoms. The Morgan fingerprint density at radius 1 is 0.933 bits per heavy atom. The molecule has 1 N–H and O–H groups in total. The first-order valence-corrected chi connectivity index (χ1v) is 10.3. The summed E-state index contributed by atoms with van der Waals surface area (Å²) in [6, 6.07) is 13.3. The number of methoxy groups -OCH3 is 2. The average Bonchev–Trinajstić information content (AvgIpc) is 2.79. The smallest absolute Gasteiger partial charge is 0.260 e. The first-order valence-electron chi connectivity index (χ1n) is 10.3. The highest BCUT2D eigenvalue weighted by Crippen LogP contribution is 2.27. The van der Waals surface area contributed by atoms with E-state index in [1.54, 1.807) is 26.4 Å². The third-order valence-corrected chi connectivity index (χ3v) is 5.23. The van der Waals surface area contributed by atoms with Crippen LogP contribution in [-0.4, -0.2) is 64.4 Å². The van der Waals surface area contributed by atoms with Crippen LogP contribution in [0.3, 0.4) is 0 Å². The van der Waals surface area contributed by atoms with Gasteiger partial charge in [-0.15, -0.1) is 0 Å². The molecule has 7 nitrogen and oxygen atoms in total. The molecular weight excluding hydrogens is 384 g/mol. The van der Waals surface area contributed by atoms with E-state index in [4.69, 9.17) is 18.9 Å². The number of hydrogen-bond donors (Lipinski definition) is 1. The molecule has 3 rings (SSSR count). The fourth-order valence-electron chi connectivity index (χ4n) is 3.55. The predicted octanol–water partition coefficient (Wildman–Crippen LogP) is 1.41. The molecule has 162 valence electrons. The molecule has 30 heavy (non-hydrogen) atoms. The summed E-state index contributed by atoms with van der Waals surface area (Å²) in [7, 11) is 3.27. The van der Waals surface area contributed by atoms with Crippen LogP contribution in [0.2, 0.25) is 0 Å². The second-order valence-corrected chi connectivity index (χ2v) is 7.19. The number of rotatable bonds is 9. The number of carbonyl (C=O) groups is 1. The molecule has 2 aromatic rings. The van der Waals surface area contributed by atoms with Gasteiger partial charge in [0.2, 0.25) is 0 Å². The Kier molecular flexibility index (Phi) is 7.79. The van der Waals surface area contributed by atoms with Crippen molar-refractivity contribution in [2.24, 2.45) is 0 Å². The van der Waals surface area contributed by atoms with Crippen LogP contribution in [0.5, 0.6) is 23.0 Å². The van der Waals surface area contributed by atoms with Gasteiger partial charge in [-0.25, -0.2) is 0 Å². The van der Waals surface area contributed by atoms with Crippen LogP contribution in [0.4, 0.5) is 0 Å². The molecule has 1 amide bonds. The minimum Gasteiger partial charge on any atom is -0.497 e. The van der Waals surface area contributed by atoms with Crippen molar-refractivity contribution in [2.75, 3.05) is 53.6 Å². The number of ether oxygens (including phenoxy) is 4. The Hall–Kier alpha value is -2.93. The molecule has 0 unspecified atom stereocenters. The van der Waals surface area contributed by atoms with Gasteiger partial charge in [0.1, 0.15) is 18.0 Å².